The van der Waals surface area contributed by atoms with Crippen molar-refractivity contribution in [1.29, 1.82) is 0 Å². The Hall–Kier alpha value is -1.99. The number of nitrogens with one attached hydrogen (secondary N) is 1. The summed E-state index contributed by atoms with van der Waals surface area (Å²) in [6.45, 7) is 5.93. The van der Waals surface area contributed by atoms with E-state index in [0.29, 0.717) is 5.69 Å². The zero-order chi connectivity index (χ0) is 15.4. The highest BCUT2D eigenvalue weighted by atomic mass is 35.5. The quantitative estimate of drug-likeness (QED) is 0.872. The standard InChI is InChI=1S/C14H20N6O.ClH/c1-4-9(2)13(15)14(21)17-11-6-5-10(3)12(7-11)20-8-16-18-19-20;/h5-9,13H,4,15H2,1-3H3,(H,17,21);1H. The zero-order valence-electron chi connectivity index (χ0n) is 12.9. The highest BCUT2D eigenvalue weighted by molar-refractivity contribution is 5.95. The van der Waals surface area contributed by atoms with Crippen LogP contribution in [0.3, 0.4) is 0 Å². The number of anilines is 1. The molecule has 7 nitrogen and oxygen atoms in total. The second-order valence-corrected chi connectivity index (χ2v) is 5.16. The molecule has 0 aliphatic carbocycles. The second kappa shape index (κ2) is 7.86. The van der Waals surface area contributed by atoms with Gasteiger partial charge in [0.25, 0.3) is 0 Å². The summed E-state index contributed by atoms with van der Waals surface area (Å²) in [5.74, 6) is -0.0506. The molecule has 0 aliphatic rings. The lowest BCUT2D eigenvalue weighted by molar-refractivity contribution is -0.118. The molecule has 22 heavy (non-hydrogen) atoms. The number of nitrogens with zero attached hydrogens (tertiary/aromatic N) is 4. The summed E-state index contributed by atoms with van der Waals surface area (Å²) in [6.07, 6.45) is 2.37. The van der Waals surface area contributed by atoms with Crippen LogP contribution in [0.25, 0.3) is 5.69 Å². The molecule has 120 valence electrons. The van der Waals surface area contributed by atoms with Crippen molar-refractivity contribution in [3.05, 3.63) is 30.1 Å². The van der Waals surface area contributed by atoms with Crippen LogP contribution in [0.4, 0.5) is 5.69 Å². The van der Waals surface area contributed by atoms with Gasteiger partial charge in [0.15, 0.2) is 0 Å². The lowest BCUT2D eigenvalue weighted by atomic mass is 9.99. The predicted octanol–water partition coefficient (Wildman–Crippen LogP) is 1.70. The van der Waals surface area contributed by atoms with Crippen molar-refractivity contribution in [2.45, 2.75) is 33.2 Å². The number of carbonyl (C=O) groups excluding carboxylic acids is 1. The van der Waals surface area contributed by atoms with Gasteiger partial charge in [-0.25, -0.2) is 4.68 Å². The van der Waals surface area contributed by atoms with Gasteiger partial charge >= 0.3 is 0 Å². The van der Waals surface area contributed by atoms with Gasteiger partial charge in [-0.2, -0.15) is 0 Å². The SMILES string of the molecule is CCC(C)C(N)C(=O)Nc1ccc(C)c(-n2cnnn2)c1.Cl. The average Bonchev–Trinajstić information content (AvgIpc) is 3.01. The molecule has 1 amide bonds. The number of hydrogen-bond donors (Lipinski definition) is 2. The normalized spacial score (nSPS) is 13.1. The number of tetrazole rings is 1. The predicted molar refractivity (Wildman–Crippen MR) is 87.2 cm³/mol. The third kappa shape index (κ3) is 4.02. The maximum atomic E-state index is 12.1. The van der Waals surface area contributed by atoms with Gasteiger partial charge in [0.05, 0.1) is 11.7 Å². The molecule has 0 saturated carbocycles. The lowest BCUT2D eigenvalue weighted by Gasteiger charge is -2.18. The molecule has 0 aliphatic heterocycles. The summed E-state index contributed by atoms with van der Waals surface area (Å²) in [5.41, 5.74) is 8.43. The van der Waals surface area contributed by atoms with Crippen molar-refractivity contribution in [2.75, 3.05) is 5.32 Å². The molecule has 3 N–H and O–H groups in total. The first-order chi connectivity index (χ1) is 10.0. The number of benzene rings is 1. The van der Waals surface area contributed by atoms with Crippen LogP contribution >= 0.6 is 12.4 Å². The molecule has 2 unspecified atom stereocenters. The number of amides is 1. The molecule has 0 saturated heterocycles. The third-order valence-corrected chi connectivity index (χ3v) is 3.63. The van der Waals surface area contributed by atoms with Crippen LogP contribution in [0, 0.1) is 12.8 Å². The second-order valence-electron chi connectivity index (χ2n) is 5.16. The summed E-state index contributed by atoms with van der Waals surface area (Å²) in [4.78, 5) is 12.1. The average molecular weight is 325 g/mol. The van der Waals surface area contributed by atoms with Crippen molar-refractivity contribution in [1.82, 2.24) is 20.2 Å². The zero-order valence-corrected chi connectivity index (χ0v) is 13.7. The summed E-state index contributed by atoms with van der Waals surface area (Å²) in [5, 5.41) is 13.9. The first-order valence-corrected chi connectivity index (χ1v) is 6.93. The first-order valence-electron chi connectivity index (χ1n) is 6.93. The molecule has 0 radical (unpaired) electrons. The molecule has 2 atom stereocenters. The van der Waals surface area contributed by atoms with E-state index < -0.39 is 6.04 Å². The topological polar surface area (TPSA) is 98.7 Å². The van der Waals surface area contributed by atoms with Crippen molar-refractivity contribution < 1.29 is 4.79 Å². The van der Waals surface area contributed by atoms with Gasteiger partial charge in [-0.05, 0) is 41.0 Å². The van der Waals surface area contributed by atoms with Crippen molar-refractivity contribution >= 4 is 24.0 Å². The van der Waals surface area contributed by atoms with Crippen LogP contribution in [-0.2, 0) is 4.79 Å². The Kier molecular flexibility index (Phi) is 6.45. The van der Waals surface area contributed by atoms with E-state index in [-0.39, 0.29) is 24.2 Å². The fourth-order valence-corrected chi connectivity index (χ4v) is 1.94. The van der Waals surface area contributed by atoms with Gasteiger partial charge < -0.3 is 11.1 Å². The number of hydrogen-bond acceptors (Lipinski definition) is 5. The van der Waals surface area contributed by atoms with Gasteiger partial charge in [-0.1, -0.05) is 26.3 Å². The van der Waals surface area contributed by atoms with Crippen LogP contribution in [0.5, 0.6) is 0 Å². The van der Waals surface area contributed by atoms with Gasteiger partial charge in [-0.3, -0.25) is 4.79 Å². The Morgan fingerprint density at radius 2 is 2.18 bits per heavy atom. The van der Waals surface area contributed by atoms with E-state index in [1.54, 1.807) is 4.68 Å². The van der Waals surface area contributed by atoms with E-state index in [9.17, 15) is 4.79 Å². The minimum atomic E-state index is -0.521. The number of aryl methyl sites for hydroxylation is 1. The summed E-state index contributed by atoms with van der Waals surface area (Å²) in [6, 6.07) is 5.05. The van der Waals surface area contributed by atoms with Crippen LogP contribution in [0.2, 0.25) is 0 Å². The van der Waals surface area contributed by atoms with E-state index in [1.807, 2.05) is 39.0 Å². The first kappa shape index (κ1) is 18.1. The van der Waals surface area contributed by atoms with Gasteiger partial charge in [0.1, 0.15) is 6.33 Å². The summed E-state index contributed by atoms with van der Waals surface area (Å²) >= 11 is 0. The minimum Gasteiger partial charge on any atom is -0.325 e. The number of nitrogens with two attached hydrogens (primary N) is 1. The molecule has 0 spiro atoms. The van der Waals surface area contributed by atoms with E-state index >= 15 is 0 Å². The summed E-state index contributed by atoms with van der Waals surface area (Å²) < 4.78 is 1.56. The molecular weight excluding hydrogens is 304 g/mol. The van der Waals surface area contributed by atoms with Gasteiger partial charge in [0.2, 0.25) is 5.91 Å². The third-order valence-electron chi connectivity index (χ3n) is 3.63. The Morgan fingerprint density at radius 3 is 2.77 bits per heavy atom. The van der Waals surface area contributed by atoms with E-state index in [0.717, 1.165) is 17.7 Å². The molecule has 1 heterocycles. The monoisotopic (exact) mass is 324 g/mol. The molecular formula is C14H21ClN6O. The van der Waals surface area contributed by atoms with Crippen LogP contribution in [0.1, 0.15) is 25.8 Å². The smallest absolute Gasteiger partial charge is 0.241 e. The van der Waals surface area contributed by atoms with E-state index in [1.165, 1.54) is 6.33 Å². The van der Waals surface area contributed by atoms with Crippen molar-refractivity contribution in [3.8, 4) is 5.69 Å². The maximum Gasteiger partial charge on any atom is 0.241 e. The Labute approximate surface area is 135 Å². The Morgan fingerprint density at radius 1 is 1.45 bits per heavy atom. The molecule has 8 heteroatoms. The number of rotatable bonds is 5. The lowest BCUT2D eigenvalue weighted by Crippen LogP contribution is -2.40. The van der Waals surface area contributed by atoms with E-state index in [4.69, 9.17) is 5.73 Å². The van der Waals surface area contributed by atoms with Crippen molar-refractivity contribution in [2.24, 2.45) is 11.7 Å². The largest absolute Gasteiger partial charge is 0.325 e. The van der Waals surface area contributed by atoms with Crippen molar-refractivity contribution in [3.63, 3.8) is 0 Å². The maximum absolute atomic E-state index is 12.1. The summed E-state index contributed by atoms with van der Waals surface area (Å²) in [7, 11) is 0. The van der Waals surface area contributed by atoms with Crippen LogP contribution in [0.15, 0.2) is 24.5 Å². The number of carbonyl (C=O) groups is 1. The highest BCUT2D eigenvalue weighted by Crippen LogP contribution is 2.19. The molecule has 2 aromatic rings. The highest BCUT2D eigenvalue weighted by Gasteiger charge is 2.19. The van der Waals surface area contributed by atoms with Gasteiger partial charge in [0, 0.05) is 5.69 Å². The molecule has 1 aromatic heterocycles. The minimum absolute atomic E-state index is 0. The molecule has 0 fully saturated rings. The Bertz CT molecular complexity index is 616. The number of aromatic nitrogens is 4. The molecule has 0 bridgehead atoms. The fraction of sp³-hybridized carbons (Fsp3) is 0.429. The van der Waals surface area contributed by atoms with E-state index in [2.05, 4.69) is 20.8 Å². The van der Waals surface area contributed by atoms with Crippen LogP contribution < -0.4 is 11.1 Å². The fourth-order valence-electron chi connectivity index (χ4n) is 1.94. The Balaban J connectivity index is 0.00000242. The van der Waals surface area contributed by atoms with Crippen LogP contribution in [-0.4, -0.2) is 32.2 Å². The van der Waals surface area contributed by atoms with Gasteiger partial charge in [-0.15, -0.1) is 17.5 Å². The number of halogens is 1. The molecule has 2 rings (SSSR count). The molecule has 1 aromatic carbocycles.